The lowest BCUT2D eigenvalue weighted by atomic mass is 9.93. The van der Waals surface area contributed by atoms with Gasteiger partial charge in [0.1, 0.15) is 5.60 Å². The van der Waals surface area contributed by atoms with Crippen LogP contribution in [0.25, 0.3) is 0 Å². The zero-order valence-corrected chi connectivity index (χ0v) is 14.1. The quantitative estimate of drug-likeness (QED) is 0.577. The number of ether oxygens (including phenoxy) is 2. The molecule has 0 aromatic heterocycles. The van der Waals surface area contributed by atoms with E-state index in [4.69, 9.17) is 21.1 Å². The number of halogens is 1. The van der Waals surface area contributed by atoms with Crippen LogP contribution < -0.4 is 0 Å². The van der Waals surface area contributed by atoms with Crippen LogP contribution in [0.4, 0.5) is 4.79 Å². The van der Waals surface area contributed by atoms with E-state index in [9.17, 15) is 9.59 Å². The van der Waals surface area contributed by atoms with Gasteiger partial charge < -0.3 is 14.4 Å². The lowest BCUT2D eigenvalue weighted by Crippen LogP contribution is -2.45. The summed E-state index contributed by atoms with van der Waals surface area (Å²) in [6.07, 6.45) is 2.66. The Kier molecular flexibility index (Phi) is 6.78. The standard InChI is InChI=1S/C15H26ClNO4/c1-15(2,3)21-14(19)17-10-6-8-12(17)11(7-5-9-16)13(18)20-4/h11-12H,5-10H2,1-4H3. The number of alkyl halides is 1. The molecule has 1 heterocycles. The van der Waals surface area contributed by atoms with E-state index >= 15 is 0 Å². The third kappa shape index (κ3) is 5.38. The molecule has 5 nitrogen and oxygen atoms in total. The molecule has 21 heavy (non-hydrogen) atoms. The van der Waals surface area contributed by atoms with Crippen LogP contribution in [0.5, 0.6) is 0 Å². The van der Waals surface area contributed by atoms with Gasteiger partial charge in [-0.3, -0.25) is 4.79 Å². The van der Waals surface area contributed by atoms with Crippen molar-refractivity contribution in [1.29, 1.82) is 0 Å². The van der Waals surface area contributed by atoms with Gasteiger partial charge in [-0.25, -0.2) is 4.79 Å². The van der Waals surface area contributed by atoms with Crippen LogP contribution in [-0.2, 0) is 14.3 Å². The normalized spacial score (nSPS) is 20.2. The van der Waals surface area contributed by atoms with Crippen molar-refractivity contribution >= 4 is 23.7 Å². The van der Waals surface area contributed by atoms with Crippen LogP contribution in [0.3, 0.4) is 0 Å². The van der Waals surface area contributed by atoms with E-state index in [0.29, 0.717) is 18.8 Å². The van der Waals surface area contributed by atoms with E-state index < -0.39 is 5.60 Å². The summed E-state index contributed by atoms with van der Waals surface area (Å²) in [6.45, 7) is 6.12. The van der Waals surface area contributed by atoms with Gasteiger partial charge in [-0.2, -0.15) is 0 Å². The molecule has 0 radical (unpaired) electrons. The number of carbonyl (C=O) groups is 2. The number of esters is 1. The first-order valence-corrected chi connectivity index (χ1v) is 7.97. The summed E-state index contributed by atoms with van der Waals surface area (Å²) in [5.41, 5.74) is -0.541. The average molecular weight is 320 g/mol. The predicted molar refractivity (Wildman–Crippen MR) is 81.4 cm³/mol. The molecule has 1 saturated heterocycles. The molecule has 122 valence electrons. The molecule has 0 aliphatic carbocycles. The maximum Gasteiger partial charge on any atom is 0.410 e. The molecule has 1 aliphatic heterocycles. The summed E-state index contributed by atoms with van der Waals surface area (Å²) < 4.78 is 10.3. The summed E-state index contributed by atoms with van der Waals surface area (Å²) in [6, 6.07) is -0.157. The van der Waals surface area contributed by atoms with Gasteiger partial charge in [-0.05, 0) is 46.5 Å². The smallest absolute Gasteiger partial charge is 0.410 e. The highest BCUT2D eigenvalue weighted by Gasteiger charge is 2.40. The zero-order valence-electron chi connectivity index (χ0n) is 13.4. The average Bonchev–Trinajstić information content (AvgIpc) is 2.86. The van der Waals surface area contributed by atoms with Gasteiger partial charge in [0.05, 0.1) is 13.0 Å². The van der Waals surface area contributed by atoms with Gasteiger partial charge in [-0.1, -0.05) is 0 Å². The summed E-state index contributed by atoms with van der Waals surface area (Å²) in [5, 5.41) is 0. The summed E-state index contributed by atoms with van der Waals surface area (Å²) in [4.78, 5) is 26.0. The third-order valence-electron chi connectivity index (χ3n) is 3.54. The number of rotatable bonds is 5. The summed E-state index contributed by atoms with van der Waals surface area (Å²) in [5.74, 6) is -0.114. The fourth-order valence-electron chi connectivity index (χ4n) is 2.67. The SMILES string of the molecule is COC(=O)C(CCCCl)C1CCCN1C(=O)OC(C)(C)C. The Balaban J connectivity index is 2.80. The lowest BCUT2D eigenvalue weighted by Gasteiger charge is -2.32. The van der Waals surface area contributed by atoms with Crippen molar-refractivity contribution < 1.29 is 19.1 Å². The van der Waals surface area contributed by atoms with Crippen LogP contribution in [0.1, 0.15) is 46.5 Å². The van der Waals surface area contributed by atoms with Crippen molar-refractivity contribution in [3.05, 3.63) is 0 Å². The Morgan fingerprint density at radius 1 is 1.38 bits per heavy atom. The lowest BCUT2D eigenvalue weighted by molar-refractivity contribution is -0.147. The van der Waals surface area contributed by atoms with Crippen molar-refractivity contribution in [2.75, 3.05) is 19.5 Å². The first-order chi connectivity index (χ1) is 9.80. The van der Waals surface area contributed by atoms with Crippen molar-refractivity contribution in [3.8, 4) is 0 Å². The van der Waals surface area contributed by atoms with E-state index in [1.807, 2.05) is 20.8 Å². The Hall–Kier alpha value is -0.970. The summed E-state index contributed by atoms with van der Waals surface area (Å²) >= 11 is 5.73. The molecule has 6 heteroatoms. The zero-order chi connectivity index (χ0) is 16.0. The fourth-order valence-corrected chi connectivity index (χ4v) is 2.83. The number of hydrogen-bond donors (Lipinski definition) is 0. The van der Waals surface area contributed by atoms with Crippen LogP contribution in [-0.4, -0.2) is 48.1 Å². The molecule has 1 aliphatic rings. The molecule has 2 unspecified atom stereocenters. The minimum absolute atomic E-state index is 0.157. The molecule has 0 N–H and O–H groups in total. The number of methoxy groups -OCH3 is 1. The predicted octanol–water partition coefficient (Wildman–Crippen LogP) is 3.19. The first-order valence-electron chi connectivity index (χ1n) is 7.43. The Morgan fingerprint density at radius 2 is 2.05 bits per heavy atom. The van der Waals surface area contributed by atoms with Gasteiger partial charge in [0.2, 0.25) is 0 Å². The van der Waals surface area contributed by atoms with E-state index in [2.05, 4.69) is 0 Å². The summed E-state index contributed by atoms with van der Waals surface area (Å²) in [7, 11) is 1.38. The molecular formula is C15H26ClNO4. The first kappa shape index (κ1) is 18.1. The third-order valence-corrected chi connectivity index (χ3v) is 3.81. The van der Waals surface area contributed by atoms with Gasteiger partial charge in [-0.15, -0.1) is 11.6 Å². The minimum atomic E-state index is -0.541. The second-order valence-electron chi connectivity index (χ2n) is 6.34. The van der Waals surface area contributed by atoms with Gasteiger partial charge >= 0.3 is 12.1 Å². The van der Waals surface area contributed by atoms with Crippen molar-refractivity contribution in [2.24, 2.45) is 5.92 Å². The molecule has 1 fully saturated rings. The molecule has 1 rings (SSSR count). The highest BCUT2D eigenvalue weighted by atomic mass is 35.5. The molecule has 0 aromatic carbocycles. The molecule has 0 aromatic rings. The molecule has 2 atom stereocenters. The topological polar surface area (TPSA) is 55.8 Å². The van der Waals surface area contributed by atoms with E-state index in [1.54, 1.807) is 4.90 Å². The van der Waals surface area contributed by atoms with Crippen molar-refractivity contribution in [2.45, 2.75) is 58.1 Å². The van der Waals surface area contributed by atoms with E-state index in [1.165, 1.54) is 7.11 Å². The Labute approximate surface area is 131 Å². The van der Waals surface area contributed by atoms with Crippen molar-refractivity contribution in [3.63, 3.8) is 0 Å². The number of nitrogens with zero attached hydrogens (tertiary/aromatic N) is 1. The van der Waals surface area contributed by atoms with Crippen molar-refractivity contribution in [1.82, 2.24) is 4.90 Å². The fraction of sp³-hybridized carbons (Fsp3) is 0.867. The Bertz CT molecular complexity index is 367. The largest absolute Gasteiger partial charge is 0.469 e. The number of amides is 1. The minimum Gasteiger partial charge on any atom is -0.469 e. The van der Waals surface area contributed by atoms with Gasteiger partial charge in [0.25, 0.3) is 0 Å². The van der Waals surface area contributed by atoms with E-state index in [0.717, 1.165) is 19.3 Å². The molecular weight excluding hydrogens is 294 g/mol. The maximum absolute atomic E-state index is 12.3. The second-order valence-corrected chi connectivity index (χ2v) is 6.72. The van der Waals surface area contributed by atoms with Crippen LogP contribution in [0.15, 0.2) is 0 Å². The number of hydrogen-bond acceptors (Lipinski definition) is 4. The van der Waals surface area contributed by atoms with Crippen LogP contribution in [0, 0.1) is 5.92 Å². The maximum atomic E-state index is 12.3. The molecule has 0 spiro atoms. The molecule has 0 saturated carbocycles. The van der Waals surface area contributed by atoms with Crippen LogP contribution >= 0.6 is 11.6 Å². The number of likely N-dealkylation sites (tertiary alicyclic amines) is 1. The molecule has 0 bridgehead atoms. The molecule has 1 amide bonds. The second kappa shape index (κ2) is 7.87. The number of carbonyl (C=O) groups excluding carboxylic acids is 2. The Morgan fingerprint density at radius 3 is 2.57 bits per heavy atom. The van der Waals surface area contributed by atoms with Gasteiger partial charge in [0, 0.05) is 18.5 Å². The van der Waals surface area contributed by atoms with E-state index in [-0.39, 0.29) is 24.0 Å². The highest BCUT2D eigenvalue weighted by Crippen LogP contribution is 2.29. The monoisotopic (exact) mass is 319 g/mol. The van der Waals surface area contributed by atoms with Crippen LogP contribution in [0.2, 0.25) is 0 Å². The highest BCUT2D eigenvalue weighted by molar-refractivity contribution is 6.17. The van der Waals surface area contributed by atoms with Gasteiger partial charge in [0.15, 0.2) is 0 Å².